The van der Waals surface area contributed by atoms with E-state index in [9.17, 15) is 8.78 Å². The summed E-state index contributed by atoms with van der Waals surface area (Å²) in [5, 5.41) is 17.0. The fraction of sp³-hybridized carbons (Fsp3) is 0.375. The maximum atomic E-state index is 14.5. The van der Waals surface area contributed by atoms with Crippen molar-refractivity contribution in [1.29, 1.82) is 0 Å². The Morgan fingerprint density at radius 2 is 1.91 bits per heavy atom. The van der Waals surface area contributed by atoms with Crippen molar-refractivity contribution in [3.8, 4) is 11.3 Å². The van der Waals surface area contributed by atoms with Crippen molar-refractivity contribution in [2.24, 2.45) is 5.92 Å². The Kier molecular flexibility index (Phi) is 5.80. The second-order valence-electron chi connectivity index (χ2n) is 8.71. The van der Waals surface area contributed by atoms with Crippen molar-refractivity contribution < 1.29 is 13.9 Å². The number of nitrogens with zero attached hydrogens (tertiary/aromatic N) is 5. The number of imidazole rings is 1. The lowest BCUT2D eigenvalue weighted by molar-refractivity contribution is 0.202. The first-order valence-electron chi connectivity index (χ1n) is 11.2. The molecule has 9 heteroatoms. The van der Waals surface area contributed by atoms with Crippen LogP contribution < -0.4 is 5.32 Å². The molecule has 3 heterocycles. The van der Waals surface area contributed by atoms with E-state index >= 15 is 0 Å². The van der Waals surface area contributed by atoms with Gasteiger partial charge in [-0.2, -0.15) is 5.10 Å². The molecule has 1 fully saturated rings. The number of fused-ring (bicyclic) bond motifs is 1. The largest absolute Gasteiger partial charge is 0.396 e. The number of aliphatic hydroxyl groups is 1. The van der Waals surface area contributed by atoms with Crippen LogP contribution >= 0.6 is 0 Å². The number of halogens is 2. The Morgan fingerprint density at radius 3 is 2.70 bits per heavy atom. The van der Waals surface area contributed by atoms with Crippen LogP contribution in [0.5, 0.6) is 0 Å². The van der Waals surface area contributed by atoms with Crippen LogP contribution in [0.15, 0.2) is 43.1 Å². The van der Waals surface area contributed by atoms with Gasteiger partial charge in [-0.25, -0.2) is 18.7 Å². The standard InChI is InChI=1S/C24H26F2N6O/c1-15-10-19(21(26)11-20(15)25)22-13-28-23(24-27-7-8-31(22)24)30-17-12-29-32(14-17)18-4-2-16(3-5-18)6-9-33/h7-8,10-14,16,18,33H,2-6,9H2,1H3,(H,28,30). The zero-order chi connectivity index (χ0) is 22.9. The predicted octanol–water partition coefficient (Wildman–Crippen LogP) is 5.04. The lowest BCUT2D eigenvalue weighted by atomic mass is 9.84. The smallest absolute Gasteiger partial charge is 0.180 e. The third-order valence-corrected chi connectivity index (χ3v) is 6.54. The van der Waals surface area contributed by atoms with Gasteiger partial charge >= 0.3 is 0 Å². The maximum Gasteiger partial charge on any atom is 0.180 e. The lowest BCUT2D eigenvalue weighted by Gasteiger charge is -2.28. The summed E-state index contributed by atoms with van der Waals surface area (Å²) in [7, 11) is 0. The van der Waals surface area contributed by atoms with Crippen LogP contribution in [0.2, 0.25) is 0 Å². The molecule has 4 aromatic rings. The van der Waals surface area contributed by atoms with Gasteiger partial charge in [0.25, 0.3) is 0 Å². The Hall–Kier alpha value is -3.33. The quantitative estimate of drug-likeness (QED) is 0.429. The highest BCUT2D eigenvalue weighted by atomic mass is 19.1. The summed E-state index contributed by atoms with van der Waals surface area (Å²) < 4.78 is 32.0. The van der Waals surface area contributed by atoms with E-state index in [1.807, 2.05) is 10.9 Å². The molecule has 1 aromatic carbocycles. The molecule has 2 N–H and O–H groups in total. The van der Waals surface area contributed by atoms with Gasteiger partial charge in [0.2, 0.25) is 0 Å². The van der Waals surface area contributed by atoms with Crippen LogP contribution in [-0.2, 0) is 0 Å². The summed E-state index contributed by atoms with van der Waals surface area (Å²) in [6, 6.07) is 2.72. The van der Waals surface area contributed by atoms with E-state index in [0.717, 1.165) is 43.9 Å². The summed E-state index contributed by atoms with van der Waals surface area (Å²) >= 11 is 0. The summed E-state index contributed by atoms with van der Waals surface area (Å²) in [5.41, 5.74) is 2.44. The Bertz CT molecular complexity index is 1280. The summed E-state index contributed by atoms with van der Waals surface area (Å²) in [6.45, 7) is 1.86. The molecule has 0 saturated heterocycles. The van der Waals surface area contributed by atoms with Crippen LogP contribution in [0.4, 0.5) is 20.3 Å². The van der Waals surface area contributed by atoms with Crippen LogP contribution in [0.3, 0.4) is 0 Å². The molecule has 7 nitrogen and oxygen atoms in total. The van der Waals surface area contributed by atoms with E-state index in [4.69, 9.17) is 5.11 Å². The van der Waals surface area contributed by atoms with Crippen molar-refractivity contribution in [3.05, 3.63) is 60.3 Å². The maximum absolute atomic E-state index is 14.5. The molecule has 3 aromatic heterocycles. The molecule has 1 aliphatic carbocycles. The molecule has 1 aliphatic rings. The van der Waals surface area contributed by atoms with Crippen molar-refractivity contribution >= 4 is 17.2 Å². The van der Waals surface area contributed by atoms with Crippen LogP contribution in [0.25, 0.3) is 16.9 Å². The number of nitrogens with one attached hydrogen (secondary N) is 1. The van der Waals surface area contributed by atoms with Crippen molar-refractivity contribution in [1.82, 2.24) is 24.1 Å². The first kappa shape index (κ1) is 21.5. The molecule has 0 amide bonds. The van der Waals surface area contributed by atoms with Gasteiger partial charge in [-0.3, -0.25) is 9.08 Å². The third-order valence-electron chi connectivity index (χ3n) is 6.54. The highest BCUT2D eigenvalue weighted by Crippen LogP contribution is 2.34. The van der Waals surface area contributed by atoms with Crippen LogP contribution in [0, 0.1) is 24.5 Å². The van der Waals surface area contributed by atoms with E-state index in [0.29, 0.717) is 34.7 Å². The molecule has 0 atom stereocenters. The van der Waals surface area contributed by atoms with Gasteiger partial charge in [0.05, 0.1) is 29.8 Å². The van der Waals surface area contributed by atoms with E-state index < -0.39 is 11.6 Å². The van der Waals surface area contributed by atoms with Crippen molar-refractivity contribution in [3.63, 3.8) is 0 Å². The van der Waals surface area contributed by atoms with Crippen LogP contribution in [0.1, 0.15) is 43.7 Å². The zero-order valence-corrected chi connectivity index (χ0v) is 18.4. The number of hydrogen-bond acceptors (Lipinski definition) is 5. The van der Waals surface area contributed by atoms with Crippen molar-refractivity contribution in [2.45, 2.75) is 45.1 Å². The summed E-state index contributed by atoms with van der Waals surface area (Å²) in [6.07, 6.45) is 13.8. The van der Waals surface area contributed by atoms with Crippen molar-refractivity contribution in [2.75, 3.05) is 11.9 Å². The highest BCUT2D eigenvalue weighted by Gasteiger charge is 2.23. The molecular weight excluding hydrogens is 426 g/mol. The molecule has 0 bridgehead atoms. The molecule has 5 rings (SSSR count). The topological polar surface area (TPSA) is 80.3 Å². The normalized spacial score (nSPS) is 18.7. The minimum absolute atomic E-state index is 0.257. The second-order valence-corrected chi connectivity index (χ2v) is 8.71. The second kappa shape index (κ2) is 8.90. The number of aliphatic hydroxyl groups excluding tert-OH is 1. The first-order valence-corrected chi connectivity index (χ1v) is 11.2. The molecule has 0 unspecified atom stereocenters. The number of rotatable bonds is 6. The average Bonchev–Trinajstić information content (AvgIpc) is 3.48. The first-order chi connectivity index (χ1) is 16.0. The molecule has 0 spiro atoms. The van der Waals surface area contributed by atoms with Gasteiger partial charge < -0.3 is 10.4 Å². The molecular formula is C24H26F2N6O. The van der Waals surface area contributed by atoms with Gasteiger partial charge in [0.15, 0.2) is 11.5 Å². The summed E-state index contributed by atoms with van der Waals surface area (Å²) in [5.74, 6) is -0.103. The van der Waals surface area contributed by atoms with Gasteiger partial charge in [0.1, 0.15) is 11.6 Å². The molecule has 172 valence electrons. The lowest BCUT2D eigenvalue weighted by Crippen LogP contribution is -2.19. The number of aromatic nitrogens is 5. The van der Waals surface area contributed by atoms with Gasteiger partial charge in [-0.1, -0.05) is 0 Å². The number of anilines is 2. The minimum Gasteiger partial charge on any atom is -0.396 e. The Labute approximate surface area is 190 Å². The van der Waals surface area contributed by atoms with Gasteiger partial charge in [-0.15, -0.1) is 0 Å². The Balaban J connectivity index is 1.38. The van der Waals surface area contributed by atoms with E-state index in [1.165, 1.54) is 6.07 Å². The monoisotopic (exact) mass is 452 g/mol. The molecule has 1 saturated carbocycles. The number of hydrogen-bond donors (Lipinski definition) is 2. The zero-order valence-electron chi connectivity index (χ0n) is 18.4. The molecule has 0 radical (unpaired) electrons. The average molecular weight is 453 g/mol. The highest BCUT2D eigenvalue weighted by molar-refractivity contribution is 5.74. The number of benzene rings is 1. The fourth-order valence-electron chi connectivity index (χ4n) is 4.68. The molecule has 0 aliphatic heterocycles. The minimum atomic E-state index is -0.648. The Morgan fingerprint density at radius 1 is 1.09 bits per heavy atom. The van der Waals surface area contributed by atoms with Crippen LogP contribution in [-0.4, -0.2) is 35.9 Å². The van der Waals surface area contributed by atoms with E-state index in [2.05, 4.69) is 20.4 Å². The summed E-state index contributed by atoms with van der Waals surface area (Å²) in [4.78, 5) is 8.87. The van der Waals surface area contributed by atoms with Gasteiger partial charge in [0, 0.05) is 36.8 Å². The molecule has 33 heavy (non-hydrogen) atoms. The third kappa shape index (κ3) is 4.20. The van der Waals surface area contributed by atoms with E-state index in [1.54, 1.807) is 36.1 Å². The van der Waals surface area contributed by atoms with E-state index in [-0.39, 0.29) is 12.2 Å². The van der Waals surface area contributed by atoms with Gasteiger partial charge in [-0.05, 0) is 56.6 Å². The SMILES string of the molecule is Cc1cc(-c2cnc(Nc3cnn(C4CCC(CCO)CC4)c3)c3nccn23)c(F)cc1F. The fourth-order valence-corrected chi connectivity index (χ4v) is 4.68. The number of aryl methyl sites for hydroxylation is 1. The predicted molar refractivity (Wildman–Crippen MR) is 121 cm³/mol.